The molecule has 0 bridgehead atoms. The van der Waals surface area contributed by atoms with Crippen molar-refractivity contribution in [1.29, 1.82) is 0 Å². The fraction of sp³-hybridized carbons (Fsp3) is 0.625. The Morgan fingerprint density at radius 1 is 1.82 bits per heavy atom. The smallest absolute Gasteiger partial charge is 0.137 e. The first kappa shape index (κ1) is 6.85. The average molecular weight is 152 g/mol. The van der Waals surface area contributed by atoms with Gasteiger partial charge in [-0.15, -0.1) is 0 Å². The summed E-state index contributed by atoms with van der Waals surface area (Å²) in [5, 5.41) is 0. The maximum absolute atomic E-state index is 5.50. The highest BCUT2D eigenvalue weighted by molar-refractivity contribution is 5.01. The number of hydrogen-bond acceptors (Lipinski definition) is 2. The van der Waals surface area contributed by atoms with E-state index in [9.17, 15) is 0 Å². The van der Waals surface area contributed by atoms with Gasteiger partial charge in [-0.05, 0) is 13.3 Å². The molecule has 0 saturated heterocycles. The summed E-state index contributed by atoms with van der Waals surface area (Å²) in [6.45, 7) is 3.85. The third-order valence-electron chi connectivity index (χ3n) is 2.04. The first-order chi connectivity index (χ1) is 5.42. The molecule has 3 nitrogen and oxygen atoms in total. The summed E-state index contributed by atoms with van der Waals surface area (Å²) < 4.78 is 7.66. The Morgan fingerprint density at radius 3 is 3.55 bits per heavy atom. The van der Waals surface area contributed by atoms with E-state index >= 15 is 0 Å². The molecule has 0 radical (unpaired) electrons. The number of imidazole rings is 1. The molecule has 0 spiro atoms. The quantitative estimate of drug-likeness (QED) is 0.639. The lowest BCUT2D eigenvalue weighted by Gasteiger charge is -2.06. The number of fused-ring (bicyclic) bond motifs is 1. The molecule has 0 aromatic carbocycles. The summed E-state index contributed by atoms with van der Waals surface area (Å²) in [7, 11) is 0. The van der Waals surface area contributed by atoms with Crippen LogP contribution in [0, 0.1) is 0 Å². The number of aromatic nitrogens is 2. The largest absolute Gasteiger partial charge is 0.371 e. The van der Waals surface area contributed by atoms with Crippen LogP contribution in [0.4, 0.5) is 0 Å². The van der Waals surface area contributed by atoms with Crippen molar-refractivity contribution in [2.24, 2.45) is 0 Å². The van der Waals surface area contributed by atoms with Crippen LogP contribution >= 0.6 is 0 Å². The summed E-state index contributed by atoms with van der Waals surface area (Å²) in [6, 6.07) is 0. The molecule has 2 rings (SSSR count). The van der Waals surface area contributed by atoms with Crippen LogP contribution in [0.15, 0.2) is 12.4 Å². The fourth-order valence-corrected chi connectivity index (χ4v) is 1.54. The second-order valence-corrected chi connectivity index (χ2v) is 2.71. The molecule has 0 aliphatic carbocycles. The Hall–Kier alpha value is -0.830. The molecule has 2 heterocycles. The van der Waals surface area contributed by atoms with Gasteiger partial charge in [0.2, 0.25) is 0 Å². The van der Waals surface area contributed by atoms with Gasteiger partial charge in [0, 0.05) is 25.5 Å². The van der Waals surface area contributed by atoms with Gasteiger partial charge in [-0.1, -0.05) is 0 Å². The third kappa shape index (κ3) is 1.05. The van der Waals surface area contributed by atoms with Gasteiger partial charge in [-0.25, -0.2) is 4.98 Å². The van der Waals surface area contributed by atoms with Gasteiger partial charge < -0.3 is 9.30 Å². The van der Waals surface area contributed by atoms with Crippen LogP contribution < -0.4 is 0 Å². The van der Waals surface area contributed by atoms with Gasteiger partial charge in [0.05, 0.1) is 0 Å². The van der Waals surface area contributed by atoms with Gasteiger partial charge in [0.15, 0.2) is 0 Å². The normalized spacial score (nSPS) is 22.1. The predicted octanol–water partition coefficient (Wildman–Crippen LogP) is 1.36. The van der Waals surface area contributed by atoms with Gasteiger partial charge in [-0.3, -0.25) is 0 Å². The highest BCUT2D eigenvalue weighted by Crippen LogP contribution is 2.26. The van der Waals surface area contributed by atoms with E-state index in [1.165, 1.54) is 0 Å². The lowest BCUT2D eigenvalue weighted by molar-refractivity contribution is 0.0612. The maximum atomic E-state index is 5.50. The van der Waals surface area contributed by atoms with E-state index < -0.39 is 0 Å². The topological polar surface area (TPSA) is 27.1 Å². The maximum Gasteiger partial charge on any atom is 0.137 e. The third-order valence-corrected chi connectivity index (χ3v) is 2.04. The lowest BCUT2D eigenvalue weighted by Crippen LogP contribution is -2.00. The zero-order valence-corrected chi connectivity index (χ0v) is 6.66. The molecular weight excluding hydrogens is 140 g/mol. The van der Waals surface area contributed by atoms with E-state index in [2.05, 4.69) is 9.55 Å². The van der Waals surface area contributed by atoms with Crippen LogP contribution in [0.25, 0.3) is 0 Å². The monoisotopic (exact) mass is 152 g/mol. The molecule has 1 aliphatic rings. The van der Waals surface area contributed by atoms with Crippen LogP contribution in [-0.2, 0) is 11.3 Å². The molecule has 1 aromatic rings. The van der Waals surface area contributed by atoms with Crippen molar-refractivity contribution in [2.75, 3.05) is 6.61 Å². The van der Waals surface area contributed by atoms with Crippen molar-refractivity contribution in [2.45, 2.75) is 26.0 Å². The molecular formula is C8H12N2O. The number of nitrogens with zero attached hydrogens (tertiary/aromatic N) is 2. The minimum absolute atomic E-state index is 0.245. The zero-order valence-electron chi connectivity index (χ0n) is 6.66. The highest BCUT2D eigenvalue weighted by atomic mass is 16.5. The van der Waals surface area contributed by atoms with E-state index in [0.717, 1.165) is 25.4 Å². The van der Waals surface area contributed by atoms with Crippen LogP contribution in [0.2, 0.25) is 0 Å². The van der Waals surface area contributed by atoms with Crippen molar-refractivity contribution < 1.29 is 4.74 Å². The van der Waals surface area contributed by atoms with Gasteiger partial charge in [0.1, 0.15) is 11.9 Å². The Morgan fingerprint density at radius 2 is 2.73 bits per heavy atom. The van der Waals surface area contributed by atoms with Crippen molar-refractivity contribution in [1.82, 2.24) is 9.55 Å². The zero-order chi connectivity index (χ0) is 7.68. The van der Waals surface area contributed by atoms with Crippen LogP contribution in [-0.4, -0.2) is 16.2 Å². The van der Waals surface area contributed by atoms with Crippen molar-refractivity contribution in [3.8, 4) is 0 Å². The number of ether oxygens (including phenoxy) is 1. The first-order valence-corrected chi connectivity index (χ1v) is 4.04. The molecule has 0 N–H and O–H groups in total. The Balaban J connectivity index is 2.18. The van der Waals surface area contributed by atoms with Crippen LogP contribution in [0.3, 0.4) is 0 Å². The molecule has 0 fully saturated rings. The molecule has 0 amide bonds. The van der Waals surface area contributed by atoms with Crippen molar-refractivity contribution in [3.05, 3.63) is 18.2 Å². The van der Waals surface area contributed by atoms with Gasteiger partial charge in [-0.2, -0.15) is 0 Å². The molecule has 1 aliphatic heterocycles. The van der Waals surface area contributed by atoms with Gasteiger partial charge in [0.25, 0.3) is 0 Å². The molecule has 1 atom stereocenters. The van der Waals surface area contributed by atoms with E-state index in [4.69, 9.17) is 4.74 Å². The van der Waals surface area contributed by atoms with E-state index in [1.54, 1.807) is 0 Å². The van der Waals surface area contributed by atoms with E-state index in [-0.39, 0.29) is 6.10 Å². The first-order valence-electron chi connectivity index (χ1n) is 4.04. The number of hydrogen-bond donors (Lipinski definition) is 0. The molecule has 1 aromatic heterocycles. The van der Waals surface area contributed by atoms with E-state index in [0.29, 0.717) is 0 Å². The molecule has 11 heavy (non-hydrogen) atoms. The number of rotatable bonds is 2. The Labute approximate surface area is 66.0 Å². The summed E-state index contributed by atoms with van der Waals surface area (Å²) in [6.07, 6.45) is 5.17. The Bertz CT molecular complexity index is 244. The number of aryl methyl sites for hydroxylation is 1. The van der Waals surface area contributed by atoms with Crippen molar-refractivity contribution >= 4 is 0 Å². The predicted molar refractivity (Wildman–Crippen MR) is 41.2 cm³/mol. The summed E-state index contributed by atoms with van der Waals surface area (Å²) >= 11 is 0. The Kier molecular flexibility index (Phi) is 1.66. The second-order valence-electron chi connectivity index (χ2n) is 2.71. The standard InChI is InChI=1S/C8H12N2O/c1-2-11-7-3-5-10-6-4-9-8(7)10/h4,6-7H,2-3,5H2,1H3. The molecule has 60 valence electrons. The highest BCUT2D eigenvalue weighted by Gasteiger charge is 2.23. The summed E-state index contributed by atoms with van der Waals surface area (Å²) in [5.74, 6) is 1.09. The SMILES string of the molecule is CCOC1CCn2ccnc21. The summed E-state index contributed by atoms with van der Waals surface area (Å²) in [5.41, 5.74) is 0. The lowest BCUT2D eigenvalue weighted by atomic mass is 10.3. The van der Waals surface area contributed by atoms with Gasteiger partial charge >= 0.3 is 0 Å². The average Bonchev–Trinajstić information content (AvgIpc) is 2.53. The molecule has 0 saturated carbocycles. The molecule has 1 unspecified atom stereocenters. The molecule has 3 heteroatoms. The minimum Gasteiger partial charge on any atom is -0.371 e. The van der Waals surface area contributed by atoms with Crippen LogP contribution in [0.5, 0.6) is 0 Å². The van der Waals surface area contributed by atoms with Crippen molar-refractivity contribution in [3.63, 3.8) is 0 Å². The van der Waals surface area contributed by atoms with E-state index in [1.807, 2.05) is 19.3 Å². The minimum atomic E-state index is 0.245. The fourth-order valence-electron chi connectivity index (χ4n) is 1.54. The second kappa shape index (κ2) is 2.66. The summed E-state index contributed by atoms with van der Waals surface area (Å²) in [4.78, 5) is 4.23. The van der Waals surface area contributed by atoms with Crippen LogP contribution in [0.1, 0.15) is 25.3 Å².